The van der Waals surface area contributed by atoms with Crippen LogP contribution >= 0.6 is 12.6 Å². The highest BCUT2D eigenvalue weighted by molar-refractivity contribution is 7.96. The van der Waals surface area contributed by atoms with Crippen LogP contribution < -0.4 is 16.0 Å². The zero-order chi connectivity index (χ0) is 24.1. The summed E-state index contributed by atoms with van der Waals surface area (Å²) in [5, 5.41) is 8.83. The van der Waals surface area contributed by atoms with Crippen molar-refractivity contribution in [3.05, 3.63) is 36.0 Å². The molecule has 9 heteroatoms. The molecule has 1 saturated carbocycles. The summed E-state index contributed by atoms with van der Waals surface area (Å²) in [6, 6.07) is 7.68. The van der Waals surface area contributed by atoms with E-state index in [1.807, 2.05) is 24.3 Å². The standard InChI is InChI=1S/C25H32N4O4S/c30-22-17(10-11-26-22)14-21(25(33)34)29-23(31)19(12-15-6-2-1-3-7-15)28-24(32)20-13-16-8-4-5-9-18(16)27-20/h4-5,8-9,13,15,17,19,21,27H,1-3,6-7,10-12,14H2,(H,26,30)(H,28,32)(H,29,31)(H,33,34)/t17-,19-,21?/m0/s1. The van der Waals surface area contributed by atoms with Gasteiger partial charge in [-0.15, -0.1) is 12.6 Å². The van der Waals surface area contributed by atoms with Gasteiger partial charge in [0, 0.05) is 23.4 Å². The molecule has 1 aromatic heterocycles. The van der Waals surface area contributed by atoms with E-state index >= 15 is 0 Å². The van der Waals surface area contributed by atoms with Gasteiger partial charge in [-0.05, 0) is 37.3 Å². The number of amides is 3. The Morgan fingerprint density at radius 2 is 1.76 bits per heavy atom. The fraction of sp³-hybridized carbons (Fsp3) is 0.520. The van der Waals surface area contributed by atoms with Gasteiger partial charge in [0.2, 0.25) is 16.9 Å². The first-order valence-electron chi connectivity index (χ1n) is 12.1. The van der Waals surface area contributed by atoms with Crippen molar-refractivity contribution in [3.8, 4) is 0 Å². The van der Waals surface area contributed by atoms with Crippen LogP contribution in [-0.2, 0) is 14.4 Å². The smallest absolute Gasteiger partial charge is 0.268 e. The molecule has 3 atom stereocenters. The lowest BCUT2D eigenvalue weighted by molar-refractivity contribution is -0.128. The van der Waals surface area contributed by atoms with E-state index in [-0.39, 0.29) is 24.2 Å². The third-order valence-corrected chi connectivity index (χ3v) is 7.30. The van der Waals surface area contributed by atoms with E-state index in [9.17, 15) is 19.2 Å². The van der Waals surface area contributed by atoms with Crippen LogP contribution in [0.1, 0.15) is 61.9 Å². The van der Waals surface area contributed by atoms with Crippen molar-refractivity contribution in [3.63, 3.8) is 0 Å². The second-order valence-electron chi connectivity index (χ2n) is 9.45. The minimum atomic E-state index is -0.886. The first-order chi connectivity index (χ1) is 16.4. The topological polar surface area (TPSA) is 120 Å². The maximum atomic E-state index is 13.3. The molecule has 1 saturated heterocycles. The Bertz CT molecular complexity index is 1030. The number of rotatable bonds is 9. The van der Waals surface area contributed by atoms with E-state index in [4.69, 9.17) is 0 Å². The molecule has 2 aromatic rings. The highest BCUT2D eigenvalue weighted by Crippen LogP contribution is 2.28. The Balaban J connectivity index is 1.47. The van der Waals surface area contributed by atoms with Crippen molar-refractivity contribution >= 4 is 46.4 Å². The third-order valence-electron chi connectivity index (χ3n) is 6.99. The molecule has 0 radical (unpaired) electrons. The van der Waals surface area contributed by atoms with Gasteiger partial charge in [-0.3, -0.25) is 19.2 Å². The zero-order valence-corrected chi connectivity index (χ0v) is 20.0. The predicted molar refractivity (Wildman–Crippen MR) is 132 cm³/mol. The largest absolute Gasteiger partial charge is 0.356 e. The van der Waals surface area contributed by atoms with Crippen LogP contribution in [0.3, 0.4) is 0 Å². The van der Waals surface area contributed by atoms with Crippen LogP contribution in [0.4, 0.5) is 0 Å². The minimum Gasteiger partial charge on any atom is -0.356 e. The van der Waals surface area contributed by atoms with Crippen molar-refractivity contribution in [1.82, 2.24) is 20.9 Å². The number of para-hydroxylation sites is 1. The van der Waals surface area contributed by atoms with Gasteiger partial charge in [0.15, 0.2) is 0 Å². The molecule has 1 unspecified atom stereocenters. The van der Waals surface area contributed by atoms with Gasteiger partial charge in [0.25, 0.3) is 5.91 Å². The molecule has 4 N–H and O–H groups in total. The molecule has 1 aliphatic heterocycles. The van der Waals surface area contributed by atoms with E-state index < -0.39 is 23.1 Å². The summed E-state index contributed by atoms with van der Waals surface area (Å²) < 4.78 is 0. The van der Waals surface area contributed by atoms with Crippen LogP contribution in [0.15, 0.2) is 30.3 Å². The van der Waals surface area contributed by atoms with Gasteiger partial charge in [-0.1, -0.05) is 50.3 Å². The minimum absolute atomic E-state index is 0.111. The molecule has 0 bridgehead atoms. The molecule has 0 spiro atoms. The summed E-state index contributed by atoms with van der Waals surface area (Å²) in [5.74, 6) is -0.894. The van der Waals surface area contributed by atoms with Crippen molar-refractivity contribution in [1.29, 1.82) is 0 Å². The van der Waals surface area contributed by atoms with Gasteiger partial charge in [0.05, 0.1) is 6.04 Å². The lowest BCUT2D eigenvalue weighted by Gasteiger charge is -2.28. The number of aromatic amines is 1. The Hall–Kier alpha value is -2.81. The molecule has 1 aromatic carbocycles. The lowest BCUT2D eigenvalue weighted by atomic mass is 9.84. The maximum Gasteiger partial charge on any atom is 0.268 e. The molecule has 2 fully saturated rings. The van der Waals surface area contributed by atoms with E-state index in [1.54, 1.807) is 6.07 Å². The van der Waals surface area contributed by atoms with Crippen LogP contribution in [0.5, 0.6) is 0 Å². The number of hydrogen-bond donors (Lipinski definition) is 5. The number of carbonyl (C=O) groups is 4. The molecule has 182 valence electrons. The quantitative estimate of drug-likeness (QED) is 0.352. The zero-order valence-electron chi connectivity index (χ0n) is 19.1. The molecule has 4 rings (SSSR count). The summed E-state index contributed by atoms with van der Waals surface area (Å²) in [6.07, 6.45) is 6.78. The number of nitrogens with one attached hydrogen (secondary N) is 4. The number of H-pyrrole nitrogens is 1. The Labute approximate surface area is 204 Å². The molecular formula is C25H32N4O4S. The predicted octanol–water partition coefficient (Wildman–Crippen LogP) is 2.70. The summed E-state index contributed by atoms with van der Waals surface area (Å²) in [6.45, 7) is 0.565. The van der Waals surface area contributed by atoms with Crippen molar-refractivity contribution in [2.75, 3.05) is 6.54 Å². The van der Waals surface area contributed by atoms with Gasteiger partial charge >= 0.3 is 0 Å². The monoisotopic (exact) mass is 484 g/mol. The van der Waals surface area contributed by atoms with Crippen molar-refractivity contribution < 1.29 is 19.2 Å². The fourth-order valence-corrected chi connectivity index (χ4v) is 5.24. The molecule has 8 nitrogen and oxygen atoms in total. The number of aromatic nitrogens is 1. The van der Waals surface area contributed by atoms with Gasteiger partial charge in [0.1, 0.15) is 11.7 Å². The van der Waals surface area contributed by atoms with Crippen LogP contribution in [-0.4, -0.2) is 46.4 Å². The first kappa shape index (κ1) is 24.3. The van der Waals surface area contributed by atoms with Crippen LogP contribution in [0.2, 0.25) is 0 Å². The second-order valence-corrected chi connectivity index (χ2v) is 9.89. The second kappa shape index (κ2) is 11.1. The lowest BCUT2D eigenvalue weighted by Crippen LogP contribution is -2.52. The van der Waals surface area contributed by atoms with Gasteiger partial charge in [-0.2, -0.15) is 0 Å². The molecular weight excluding hydrogens is 452 g/mol. The fourth-order valence-electron chi connectivity index (χ4n) is 5.07. The Morgan fingerprint density at radius 3 is 2.44 bits per heavy atom. The maximum absolute atomic E-state index is 13.3. The highest BCUT2D eigenvalue weighted by Gasteiger charge is 2.33. The molecule has 2 heterocycles. The normalized spacial score (nSPS) is 20.5. The summed E-state index contributed by atoms with van der Waals surface area (Å²) >= 11 is 3.95. The SMILES string of the molecule is O=C(N[C@@H](CC1CCCCC1)C(=O)NC(C[C@@H]1CCNC1=O)C(=O)S)c1cc2ccccc2[nH]1. The molecule has 3 amide bonds. The molecule has 34 heavy (non-hydrogen) atoms. The van der Waals surface area contributed by atoms with Crippen LogP contribution in [0, 0.1) is 11.8 Å². The van der Waals surface area contributed by atoms with Gasteiger partial charge < -0.3 is 20.9 Å². The molecule has 2 aliphatic rings. The van der Waals surface area contributed by atoms with Crippen molar-refractivity contribution in [2.24, 2.45) is 11.8 Å². The Kier molecular flexibility index (Phi) is 7.92. The molecule has 1 aliphatic carbocycles. The highest BCUT2D eigenvalue weighted by atomic mass is 32.1. The third kappa shape index (κ3) is 6.00. The van der Waals surface area contributed by atoms with Gasteiger partial charge in [-0.25, -0.2) is 0 Å². The summed E-state index contributed by atoms with van der Waals surface area (Å²) in [7, 11) is 0. The average Bonchev–Trinajstić information content (AvgIpc) is 3.44. The van der Waals surface area contributed by atoms with E-state index in [2.05, 4.69) is 33.6 Å². The number of thiol groups is 1. The number of carbonyl (C=O) groups excluding carboxylic acids is 4. The first-order valence-corrected chi connectivity index (χ1v) is 12.5. The average molecular weight is 485 g/mol. The Morgan fingerprint density at radius 1 is 1.00 bits per heavy atom. The summed E-state index contributed by atoms with van der Waals surface area (Å²) in [5.41, 5.74) is 1.23. The number of benzene rings is 1. The number of hydrogen-bond acceptors (Lipinski definition) is 4. The van der Waals surface area contributed by atoms with E-state index in [0.717, 1.165) is 36.6 Å². The van der Waals surface area contributed by atoms with E-state index in [0.29, 0.717) is 31.0 Å². The van der Waals surface area contributed by atoms with Crippen molar-refractivity contribution in [2.45, 2.75) is 63.5 Å². The summed E-state index contributed by atoms with van der Waals surface area (Å²) in [4.78, 5) is 53.6. The van der Waals surface area contributed by atoms with E-state index in [1.165, 1.54) is 6.42 Å². The number of fused-ring (bicyclic) bond motifs is 1. The van der Waals surface area contributed by atoms with Crippen LogP contribution in [0.25, 0.3) is 10.9 Å².